The van der Waals surface area contributed by atoms with E-state index in [1.165, 1.54) is 44.3 Å². The van der Waals surface area contributed by atoms with E-state index in [2.05, 4.69) is 4.98 Å². The second kappa shape index (κ2) is 11.2. The normalized spacial score (nSPS) is 36.3. The molecule has 2 aliphatic rings. The van der Waals surface area contributed by atoms with Gasteiger partial charge in [0.15, 0.2) is 5.60 Å². The van der Waals surface area contributed by atoms with Gasteiger partial charge >= 0.3 is 12.1 Å². The van der Waals surface area contributed by atoms with Crippen LogP contribution in [0.2, 0.25) is 0 Å². The number of rotatable bonds is 2. The molecule has 3 heterocycles. The molecule has 212 valence electrons. The smallest absolute Gasteiger partial charge is 0.420 e. The number of aryl methyl sites for hydroxylation is 1. The van der Waals surface area contributed by atoms with Gasteiger partial charge in [0.2, 0.25) is 0 Å². The molecular weight excluding hydrogens is 523 g/mol. The highest BCUT2D eigenvalue weighted by atomic mass is 32.1. The van der Waals surface area contributed by atoms with Gasteiger partial charge in [0.1, 0.15) is 18.0 Å². The summed E-state index contributed by atoms with van der Waals surface area (Å²) in [5, 5.41) is 24.1. The molecule has 1 saturated heterocycles. The van der Waals surface area contributed by atoms with Gasteiger partial charge in [-0.1, -0.05) is 39.8 Å². The first-order valence-corrected chi connectivity index (χ1v) is 13.5. The van der Waals surface area contributed by atoms with Crippen molar-refractivity contribution in [1.82, 2.24) is 4.98 Å². The second-order valence-corrected chi connectivity index (χ2v) is 12.0. The largest absolute Gasteiger partial charge is 0.458 e. The molecule has 0 aliphatic carbocycles. The molecule has 0 amide bonds. The van der Waals surface area contributed by atoms with Crippen LogP contribution in [-0.4, -0.2) is 63.1 Å². The number of aliphatic hydroxyl groups excluding tert-OH is 2. The lowest BCUT2D eigenvalue weighted by molar-refractivity contribution is -0.183. The van der Waals surface area contributed by atoms with Gasteiger partial charge in [0, 0.05) is 30.1 Å². The van der Waals surface area contributed by atoms with E-state index in [0.717, 1.165) is 5.01 Å². The molecule has 0 spiro atoms. The number of thiazole rings is 1. The number of hydrogen-bond donors (Lipinski definition) is 2. The lowest BCUT2D eigenvalue weighted by atomic mass is 9.73. The zero-order valence-corrected chi connectivity index (χ0v) is 23.2. The van der Waals surface area contributed by atoms with E-state index < -0.39 is 78.0 Å². The van der Waals surface area contributed by atoms with Gasteiger partial charge in [-0.05, 0) is 25.5 Å². The first-order chi connectivity index (χ1) is 17.5. The Labute approximate surface area is 224 Å². The standard InChI is InChI=1S/C27H36F3NO6S/c1-14-8-7-9-26(27(28,29)30)21(37-26)11-19(15(2)10-18-13-38-17(4)31-18)36-22(33)12-20(32)25(5,6)24(35)16(3)23(14)34/h7-8,10,13-14,16,19-21,23,32,34H,9,11-12H2,1-6H3/b8-7+,15-10+/t14-,16+,19+,20-,21-,23-,26+/m0/s1. The molecule has 0 saturated carbocycles. The molecule has 1 fully saturated rings. The Kier molecular flexibility index (Phi) is 8.97. The van der Waals surface area contributed by atoms with E-state index in [-0.39, 0.29) is 6.42 Å². The Morgan fingerprint density at radius 2 is 1.89 bits per heavy atom. The van der Waals surface area contributed by atoms with Crippen molar-refractivity contribution in [3.8, 4) is 0 Å². The number of aromatic nitrogens is 1. The SMILES string of the molecule is C/C(=C\c1csc(C)n1)[C@H]1C[C@@H]2O[C@]2(C(F)(F)F)C/C=C/[C@H](C)[C@H](O)[C@@H](C)C(=O)C(C)(C)[C@@H](O)CC(=O)O1. The molecule has 1 aromatic rings. The Hall–Kier alpha value is -2.08. The summed E-state index contributed by atoms with van der Waals surface area (Å²) in [4.78, 5) is 30.4. The lowest BCUT2D eigenvalue weighted by Crippen LogP contribution is -2.45. The number of nitrogens with zero attached hydrogens (tertiary/aromatic N) is 1. The van der Waals surface area contributed by atoms with E-state index in [4.69, 9.17) is 9.47 Å². The topological polar surface area (TPSA) is 109 Å². The predicted molar refractivity (Wildman–Crippen MR) is 136 cm³/mol. The van der Waals surface area contributed by atoms with Crippen LogP contribution in [-0.2, 0) is 19.1 Å². The van der Waals surface area contributed by atoms with Crippen molar-refractivity contribution in [2.45, 2.75) is 97.0 Å². The van der Waals surface area contributed by atoms with Gasteiger partial charge in [-0.15, -0.1) is 11.3 Å². The summed E-state index contributed by atoms with van der Waals surface area (Å²) in [5.74, 6) is -2.91. The van der Waals surface area contributed by atoms with Crippen LogP contribution in [0.5, 0.6) is 0 Å². The number of hydrogen-bond acceptors (Lipinski definition) is 8. The average Bonchev–Trinajstić information content (AvgIpc) is 3.38. The molecule has 0 bridgehead atoms. The number of aliphatic hydroxyl groups is 2. The van der Waals surface area contributed by atoms with E-state index >= 15 is 0 Å². The van der Waals surface area contributed by atoms with Crippen LogP contribution < -0.4 is 0 Å². The van der Waals surface area contributed by atoms with Crippen LogP contribution in [0, 0.1) is 24.2 Å². The van der Waals surface area contributed by atoms with Crippen molar-refractivity contribution >= 4 is 29.2 Å². The number of fused-ring (bicyclic) bond motifs is 1. The maximum atomic E-state index is 14.1. The number of alkyl halides is 3. The Balaban J connectivity index is 1.98. The fourth-order valence-electron chi connectivity index (χ4n) is 4.85. The molecule has 0 aromatic carbocycles. The fourth-order valence-corrected chi connectivity index (χ4v) is 5.42. The zero-order chi connectivity index (χ0) is 28.6. The fraction of sp³-hybridized carbons (Fsp3) is 0.667. The van der Waals surface area contributed by atoms with E-state index in [1.54, 1.807) is 25.3 Å². The van der Waals surface area contributed by atoms with Gasteiger partial charge in [-0.3, -0.25) is 9.59 Å². The summed E-state index contributed by atoms with van der Waals surface area (Å²) in [6.45, 7) is 9.53. The molecule has 38 heavy (non-hydrogen) atoms. The van der Waals surface area contributed by atoms with Crippen molar-refractivity contribution < 1.29 is 42.4 Å². The van der Waals surface area contributed by atoms with Gasteiger partial charge in [0.25, 0.3) is 0 Å². The summed E-state index contributed by atoms with van der Waals surface area (Å²) >= 11 is 1.41. The van der Waals surface area contributed by atoms with Gasteiger partial charge < -0.3 is 19.7 Å². The molecule has 0 unspecified atom stereocenters. The third-order valence-corrected chi connectivity index (χ3v) is 8.46. The molecule has 11 heteroatoms. The second-order valence-electron chi connectivity index (χ2n) is 11.0. The number of Topliss-reactive ketones (excluding diaryl/α,β-unsaturated/α-hetero) is 1. The highest BCUT2D eigenvalue weighted by Gasteiger charge is 2.72. The van der Waals surface area contributed by atoms with E-state index in [9.17, 15) is 33.0 Å². The minimum atomic E-state index is -4.68. The number of carbonyl (C=O) groups is 2. The number of cyclic esters (lactones) is 1. The quantitative estimate of drug-likeness (QED) is 0.305. The van der Waals surface area contributed by atoms with Crippen LogP contribution in [0.1, 0.15) is 64.6 Å². The van der Waals surface area contributed by atoms with Gasteiger partial charge in [-0.2, -0.15) is 13.2 Å². The first-order valence-electron chi connectivity index (χ1n) is 12.6. The Morgan fingerprint density at radius 1 is 1.24 bits per heavy atom. The van der Waals surface area contributed by atoms with Crippen LogP contribution in [0.25, 0.3) is 6.08 Å². The summed E-state index contributed by atoms with van der Waals surface area (Å²) in [5.41, 5.74) is -2.77. The summed E-state index contributed by atoms with van der Waals surface area (Å²) < 4.78 is 53.2. The van der Waals surface area contributed by atoms with Gasteiger partial charge in [-0.25, -0.2) is 4.98 Å². The number of esters is 1. The summed E-state index contributed by atoms with van der Waals surface area (Å²) in [6, 6.07) is 0. The molecular formula is C27H36F3NO6S. The number of ether oxygens (including phenoxy) is 2. The zero-order valence-electron chi connectivity index (χ0n) is 22.4. The molecule has 1 aromatic heterocycles. The monoisotopic (exact) mass is 559 g/mol. The highest BCUT2D eigenvalue weighted by Crippen LogP contribution is 2.54. The average molecular weight is 560 g/mol. The van der Waals surface area contributed by atoms with Crippen molar-refractivity contribution in [3.05, 3.63) is 33.8 Å². The minimum absolute atomic E-state index is 0.252. The minimum Gasteiger partial charge on any atom is -0.458 e. The van der Waals surface area contributed by atoms with Crippen molar-refractivity contribution in [1.29, 1.82) is 0 Å². The van der Waals surface area contributed by atoms with Crippen LogP contribution in [0.4, 0.5) is 13.2 Å². The number of epoxide rings is 1. The summed E-state index contributed by atoms with van der Waals surface area (Å²) in [6.07, 6.45) is -6.53. The third-order valence-electron chi connectivity index (χ3n) is 7.67. The molecule has 2 aliphatic heterocycles. The first kappa shape index (κ1) is 30.5. The maximum absolute atomic E-state index is 14.1. The Morgan fingerprint density at radius 3 is 2.47 bits per heavy atom. The maximum Gasteiger partial charge on any atom is 0.420 e. The van der Waals surface area contributed by atoms with E-state index in [1.807, 2.05) is 6.92 Å². The third kappa shape index (κ3) is 6.38. The van der Waals surface area contributed by atoms with E-state index in [0.29, 0.717) is 11.3 Å². The van der Waals surface area contributed by atoms with Crippen molar-refractivity contribution in [2.24, 2.45) is 17.3 Å². The predicted octanol–water partition coefficient (Wildman–Crippen LogP) is 4.80. The van der Waals surface area contributed by atoms with Crippen molar-refractivity contribution in [3.63, 3.8) is 0 Å². The Bertz CT molecular complexity index is 1100. The molecule has 7 atom stereocenters. The van der Waals surface area contributed by atoms with Crippen LogP contribution in [0.15, 0.2) is 23.1 Å². The van der Waals surface area contributed by atoms with Crippen LogP contribution >= 0.6 is 11.3 Å². The van der Waals surface area contributed by atoms with Crippen LogP contribution in [0.3, 0.4) is 0 Å². The van der Waals surface area contributed by atoms with Gasteiger partial charge in [0.05, 0.1) is 34.7 Å². The molecule has 7 nitrogen and oxygen atoms in total. The number of carbonyl (C=O) groups excluding carboxylic acids is 2. The molecule has 0 radical (unpaired) electrons. The summed E-state index contributed by atoms with van der Waals surface area (Å²) in [7, 11) is 0. The van der Waals surface area contributed by atoms with Crippen molar-refractivity contribution in [2.75, 3.05) is 0 Å². The molecule has 2 N–H and O–H groups in total. The lowest BCUT2D eigenvalue weighted by Gasteiger charge is -2.34. The number of halogens is 3. The highest BCUT2D eigenvalue weighted by molar-refractivity contribution is 7.09. The number of ketones is 1. The molecule has 3 rings (SSSR count).